The summed E-state index contributed by atoms with van der Waals surface area (Å²) in [4.78, 5) is 53.6. The van der Waals surface area contributed by atoms with Crippen molar-refractivity contribution in [3.05, 3.63) is 39.3 Å². The molecule has 1 aliphatic rings. The van der Waals surface area contributed by atoms with Gasteiger partial charge in [-0.25, -0.2) is 22.4 Å². The maximum absolute atomic E-state index is 13.9. The van der Waals surface area contributed by atoms with E-state index in [1.807, 2.05) is 10.2 Å². The van der Waals surface area contributed by atoms with E-state index in [4.69, 9.17) is 10.1 Å². The van der Waals surface area contributed by atoms with Crippen LogP contribution in [0.2, 0.25) is 0 Å². The number of carbonyl (C=O) groups is 4. The Balaban J connectivity index is 0.00000684. The number of benzene rings is 1. The smallest absolute Gasteiger partial charge is 0.334 e. The van der Waals surface area contributed by atoms with Crippen LogP contribution in [0, 0.1) is 23.3 Å². The molecule has 1 aromatic carbocycles. The molecule has 2 N–H and O–H groups in total. The molecule has 37 heavy (non-hydrogen) atoms. The maximum Gasteiger partial charge on any atom is 0.334 e. The molecule has 1 radical (unpaired) electrons. The number of hydrogen-bond donors (Lipinski definition) is 2. The van der Waals surface area contributed by atoms with E-state index in [0.29, 0.717) is 0 Å². The molecule has 1 atom stereocenters. The van der Waals surface area contributed by atoms with E-state index < -0.39 is 80.0 Å². The molecule has 3 amide bonds. The van der Waals surface area contributed by atoms with Crippen molar-refractivity contribution in [2.75, 3.05) is 18.1 Å². The van der Waals surface area contributed by atoms with Crippen LogP contribution in [0.3, 0.4) is 0 Å². The van der Waals surface area contributed by atoms with Crippen LogP contribution in [0.1, 0.15) is 23.2 Å². The molecule has 0 aromatic heterocycles. The largest absolute Gasteiger partial charge is 0.351 e. The van der Waals surface area contributed by atoms with Gasteiger partial charge in [-0.2, -0.15) is 8.42 Å². The minimum absolute atomic E-state index is 0. The van der Waals surface area contributed by atoms with Crippen LogP contribution >= 0.6 is 21.6 Å². The second-order valence-corrected chi connectivity index (χ2v) is 10.8. The van der Waals surface area contributed by atoms with Gasteiger partial charge in [-0.1, -0.05) is 26.7 Å². The molecule has 1 fully saturated rings. The number of hydrogen-bond acceptors (Lipinski definition) is 10. The molecule has 197 valence electrons. The van der Waals surface area contributed by atoms with Crippen LogP contribution in [0.5, 0.6) is 0 Å². The summed E-state index contributed by atoms with van der Waals surface area (Å²) in [7, 11) is -2.77. The first-order valence-corrected chi connectivity index (χ1v) is 13.3. The second kappa shape index (κ2) is 14.2. The summed E-state index contributed by atoms with van der Waals surface area (Å²) in [6, 6.07) is 0. The van der Waals surface area contributed by atoms with Crippen LogP contribution in [-0.2, 0) is 29.3 Å². The summed E-state index contributed by atoms with van der Waals surface area (Å²) in [6.45, 7) is -0.227. The Morgan fingerprint density at radius 2 is 1.70 bits per heavy atom. The third kappa shape index (κ3) is 8.21. The summed E-state index contributed by atoms with van der Waals surface area (Å²) in [5.74, 6) is -13.1. The van der Waals surface area contributed by atoms with E-state index >= 15 is 0 Å². The molecule has 1 unspecified atom stereocenters. The minimum atomic E-state index is -4.86. The third-order valence-electron chi connectivity index (χ3n) is 4.17. The number of hydroxylamine groups is 2. The first kappa shape index (κ1) is 33.0. The SMILES string of the molecule is [N-]=[N+]=Nc1c(F)c(F)c(C(=O)NCCSSCCC(=O)ON2C(=O)CC(S(=O)(=O)O)C2=O)c(F)c1F.[Na]. The van der Waals surface area contributed by atoms with E-state index in [0.717, 1.165) is 21.6 Å². The molecule has 0 saturated carbocycles. The number of carbonyl (C=O) groups excluding carboxylic acids is 4. The molecule has 0 bridgehead atoms. The van der Waals surface area contributed by atoms with Crippen molar-refractivity contribution in [2.24, 2.45) is 5.11 Å². The number of nitrogens with one attached hydrogen (secondary N) is 1. The van der Waals surface area contributed by atoms with E-state index in [2.05, 4.69) is 9.95 Å². The van der Waals surface area contributed by atoms with Gasteiger partial charge in [0.15, 0.2) is 28.5 Å². The first-order valence-electron chi connectivity index (χ1n) is 9.28. The van der Waals surface area contributed by atoms with Crippen LogP contribution in [0.4, 0.5) is 23.2 Å². The van der Waals surface area contributed by atoms with Crippen LogP contribution in [-0.4, -0.2) is 94.6 Å². The van der Waals surface area contributed by atoms with E-state index in [1.165, 1.54) is 0 Å². The summed E-state index contributed by atoms with van der Waals surface area (Å²) in [5.41, 5.74) is 5.08. The molecular formula is C16H13F4N5NaO8S3. The topological polar surface area (TPSA) is 196 Å². The van der Waals surface area contributed by atoms with E-state index in [-0.39, 0.29) is 59.1 Å². The van der Waals surface area contributed by atoms with Crippen LogP contribution < -0.4 is 5.32 Å². The van der Waals surface area contributed by atoms with Gasteiger partial charge in [0.05, 0.1) is 12.8 Å². The number of nitrogens with zero attached hydrogens (tertiary/aromatic N) is 4. The molecule has 21 heteroatoms. The van der Waals surface area contributed by atoms with Gasteiger partial charge in [-0.3, -0.25) is 18.9 Å². The Kier molecular flexibility index (Phi) is 12.6. The van der Waals surface area contributed by atoms with Crippen molar-refractivity contribution < 1.29 is 54.5 Å². The van der Waals surface area contributed by atoms with Gasteiger partial charge in [0, 0.05) is 52.5 Å². The predicted octanol–water partition coefficient (Wildman–Crippen LogP) is 1.78. The molecule has 1 heterocycles. The van der Waals surface area contributed by atoms with Gasteiger partial charge < -0.3 is 10.2 Å². The normalized spacial score (nSPS) is 15.2. The summed E-state index contributed by atoms with van der Waals surface area (Å²) < 4.78 is 86.3. The Hall–Kier alpha value is -2.06. The predicted molar refractivity (Wildman–Crippen MR) is 121 cm³/mol. The Morgan fingerprint density at radius 1 is 1.14 bits per heavy atom. The van der Waals surface area contributed by atoms with Gasteiger partial charge in [-0.15, -0.1) is 5.06 Å². The fourth-order valence-corrected chi connectivity index (χ4v) is 5.13. The average molecular weight is 598 g/mol. The zero-order valence-corrected chi connectivity index (χ0v) is 22.9. The average Bonchev–Trinajstić information content (AvgIpc) is 3.08. The van der Waals surface area contributed by atoms with Gasteiger partial charge in [0.1, 0.15) is 11.3 Å². The molecule has 1 aromatic rings. The summed E-state index contributed by atoms with van der Waals surface area (Å²) in [6.07, 6.45) is -1.23. The molecule has 1 saturated heterocycles. The molecule has 1 aliphatic heterocycles. The van der Waals surface area contributed by atoms with Crippen molar-refractivity contribution >= 4 is 90.6 Å². The second-order valence-electron chi connectivity index (χ2n) is 6.52. The summed E-state index contributed by atoms with van der Waals surface area (Å²) in [5, 5.41) is 2.43. The van der Waals surface area contributed by atoms with Gasteiger partial charge >= 0.3 is 5.97 Å². The van der Waals surface area contributed by atoms with E-state index in [1.54, 1.807) is 0 Å². The van der Waals surface area contributed by atoms with Gasteiger partial charge in [-0.05, 0) is 5.53 Å². The molecular weight excluding hydrogens is 585 g/mol. The van der Waals surface area contributed by atoms with Gasteiger partial charge in [0.25, 0.3) is 27.8 Å². The summed E-state index contributed by atoms with van der Waals surface area (Å²) >= 11 is 0. The number of rotatable bonds is 11. The Labute approximate surface area is 235 Å². The zero-order chi connectivity index (χ0) is 27.2. The maximum atomic E-state index is 13.9. The third-order valence-corrected chi connectivity index (χ3v) is 7.67. The zero-order valence-electron chi connectivity index (χ0n) is 18.4. The fraction of sp³-hybridized carbons (Fsp3) is 0.375. The number of amides is 3. The van der Waals surface area contributed by atoms with Crippen molar-refractivity contribution in [3.63, 3.8) is 0 Å². The molecule has 0 spiro atoms. The number of azide groups is 1. The Bertz CT molecular complexity index is 1240. The number of halogens is 4. The minimum Gasteiger partial charge on any atom is -0.351 e. The standard InChI is InChI=1S/C16H13F4N5O8S3.Na/c17-10-9(11(18)13(20)14(12(10)19)23-24-21)15(28)22-2-4-35-34-3-1-8(27)33-25-7(26)5-6(16(25)29)36(30,31)32;/h6H,1-5H2,(H,22,28)(H,30,31,32);. The fourth-order valence-electron chi connectivity index (χ4n) is 2.55. The van der Waals surface area contributed by atoms with E-state index in [9.17, 15) is 45.2 Å². The van der Waals surface area contributed by atoms with Crippen LogP contribution in [0.15, 0.2) is 5.11 Å². The quantitative estimate of drug-likeness (QED) is 0.0362. The first-order chi connectivity index (χ1) is 16.8. The van der Waals surface area contributed by atoms with Crippen molar-refractivity contribution in [1.29, 1.82) is 0 Å². The monoisotopic (exact) mass is 598 g/mol. The number of imide groups is 1. The van der Waals surface area contributed by atoms with Crippen molar-refractivity contribution in [1.82, 2.24) is 10.4 Å². The van der Waals surface area contributed by atoms with Gasteiger partial charge in [0.2, 0.25) is 0 Å². The van der Waals surface area contributed by atoms with Crippen LogP contribution in [0.25, 0.3) is 10.4 Å². The van der Waals surface area contributed by atoms with Crippen molar-refractivity contribution in [2.45, 2.75) is 18.1 Å². The Morgan fingerprint density at radius 3 is 2.22 bits per heavy atom. The molecule has 0 aliphatic carbocycles. The molecule has 2 rings (SSSR count). The molecule has 13 nitrogen and oxygen atoms in total. The van der Waals surface area contributed by atoms with Crippen molar-refractivity contribution in [3.8, 4) is 0 Å².